The summed E-state index contributed by atoms with van der Waals surface area (Å²) in [6, 6.07) is 12.1. The van der Waals surface area contributed by atoms with E-state index in [0.29, 0.717) is 17.4 Å². The minimum absolute atomic E-state index is 0.00341. The van der Waals surface area contributed by atoms with Gasteiger partial charge in [0.25, 0.3) is 0 Å². The van der Waals surface area contributed by atoms with Crippen LogP contribution in [0.1, 0.15) is 81.3 Å². The van der Waals surface area contributed by atoms with Crippen LogP contribution in [0, 0.1) is 34.5 Å². The summed E-state index contributed by atoms with van der Waals surface area (Å²) in [6.45, 7) is 0. The van der Waals surface area contributed by atoms with Crippen molar-refractivity contribution in [1.29, 1.82) is 10.5 Å². The molecule has 3 rings (SSSR count). The summed E-state index contributed by atoms with van der Waals surface area (Å²) in [5.74, 6) is 1.22. The van der Waals surface area contributed by atoms with Gasteiger partial charge >= 0.3 is 5.97 Å². The van der Waals surface area contributed by atoms with Gasteiger partial charge in [0.15, 0.2) is 0 Å². The Labute approximate surface area is 174 Å². The van der Waals surface area contributed by atoms with Crippen LogP contribution in [0.4, 0.5) is 0 Å². The van der Waals surface area contributed by atoms with Gasteiger partial charge in [-0.05, 0) is 93.7 Å². The number of rotatable bonds is 6. The van der Waals surface area contributed by atoms with Gasteiger partial charge in [-0.1, -0.05) is 18.2 Å². The molecule has 0 radical (unpaired) electrons. The molecule has 4 heteroatoms. The Morgan fingerprint density at radius 2 is 1.69 bits per heavy atom. The molecule has 2 aliphatic carbocycles. The zero-order chi connectivity index (χ0) is 20.5. The molecular formula is C25H30N2O2. The van der Waals surface area contributed by atoms with Crippen molar-refractivity contribution in [3.63, 3.8) is 0 Å². The van der Waals surface area contributed by atoms with Crippen molar-refractivity contribution in [3.8, 4) is 12.1 Å². The predicted molar refractivity (Wildman–Crippen MR) is 112 cm³/mol. The molecule has 0 spiro atoms. The van der Waals surface area contributed by atoms with Crippen LogP contribution in [-0.2, 0) is 9.53 Å². The molecule has 1 aromatic rings. The van der Waals surface area contributed by atoms with Gasteiger partial charge in [0.05, 0.1) is 23.6 Å². The third-order valence-corrected chi connectivity index (χ3v) is 6.58. The van der Waals surface area contributed by atoms with Crippen LogP contribution >= 0.6 is 0 Å². The van der Waals surface area contributed by atoms with Gasteiger partial charge in [-0.15, -0.1) is 0 Å². The molecule has 0 unspecified atom stereocenters. The Morgan fingerprint density at radius 1 is 1.00 bits per heavy atom. The summed E-state index contributed by atoms with van der Waals surface area (Å²) in [5, 5.41) is 17.5. The molecule has 152 valence electrons. The molecule has 0 heterocycles. The van der Waals surface area contributed by atoms with E-state index in [0.717, 1.165) is 64.2 Å². The molecule has 0 aliphatic heterocycles. The van der Waals surface area contributed by atoms with Gasteiger partial charge < -0.3 is 4.74 Å². The first kappa shape index (κ1) is 21.1. The summed E-state index contributed by atoms with van der Waals surface area (Å²) in [5.41, 5.74) is 1.97. The van der Waals surface area contributed by atoms with E-state index >= 15 is 0 Å². The molecule has 1 aromatic carbocycles. The fourth-order valence-electron chi connectivity index (χ4n) is 4.76. The summed E-state index contributed by atoms with van der Waals surface area (Å²) < 4.78 is 5.86. The number of nitriles is 2. The summed E-state index contributed by atoms with van der Waals surface area (Å²) in [6.07, 6.45) is 13.7. The Bertz CT molecular complexity index is 769. The highest BCUT2D eigenvalue weighted by atomic mass is 16.5. The molecule has 0 N–H and O–H groups in total. The molecule has 4 nitrogen and oxygen atoms in total. The number of carbonyl (C=O) groups excluding carboxylic acids is 1. The summed E-state index contributed by atoms with van der Waals surface area (Å²) in [4.78, 5) is 12.6. The minimum Gasteiger partial charge on any atom is -0.462 e. The van der Waals surface area contributed by atoms with Gasteiger partial charge in [0.2, 0.25) is 0 Å². The zero-order valence-electron chi connectivity index (χ0n) is 17.1. The van der Waals surface area contributed by atoms with Crippen molar-refractivity contribution in [2.24, 2.45) is 11.8 Å². The molecule has 2 saturated carbocycles. The van der Waals surface area contributed by atoms with Crippen molar-refractivity contribution in [2.45, 2.75) is 76.2 Å². The smallest absolute Gasteiger partial charge is 0.309 e. The van der Waals surface area contributed by atoms with Gasteiger partial charge in [0, 0.05) is 6.08 Å². The van der Waals surface area contributed by atoms with E-state index in [2.05, 4.69) is 18.2 Å². The highest BCUT2D eigenvalue weighted by molar-refractivity contribution is 5.72. The van der Waals surface area contributed by atoms with E-state index in [-0.39, 0.29) is 18.0 Å². The number of allylic oxidation sites excluding steroid dienone is 2. The maximum absolute atomic E-state index is 12.6. The fraction of sp³-hybridized carbons (Fsp3) is 0.560. The lowest BCUT2D eigenvalue weighted by atomic mass is 9.78. The van der Waals surface area contributed by atoms with E-state index in [1.54, 1.807) is 6.08 Å². The first-order chi connectivity index (χ1) is 14.2. The van der Waals surface area contributed by atoms with Crippen LogP contribution in [0.15, 0.2) is 36.4 Å². The Balaban J connectivity index is 1.37. The molecule has 0 bridgehead atoms. The molecule has 29 heavy (non-hydrogen) atoms. The summed E-state index contributed by atoms with van der Waals surface area (Å²) >= 11 is 0. The lowest BCUT2D eigenvalue weighted by Crippen LogP contribution is -2.29. The van der Waals surface area contributed by atoms with Crippen LogP contribution in [0.5, 0.6) is 0 Å². The van der Waals surface area contributed by atoms with E-state index in [4.69, 9.17) is 15.3 Å². The highest BCUT2D eigenvalue weighted by Crippen LogP contribution is 2.37. The number of esters is 1. The van der Waals surface area contributed by atoms with Crippen LogP contribution in [0.3, 0.4) is 0 Å². The van der Waals surface area contributed by atoms with Gasteiger partial charge in [-0.2, -0.15) is 10.5 Å². The van der Waals surface area contributed by atoms with Crippen molar-refractivity contribution in [2.75, 3.05) is 0 Å². The van der Waals surface area contributed by atoms with E-state index < -0.39 is 0 Å². The first-order valence-corrected chi connectivity index (χ1v) is 10.9. The van der Waals surface area contributed by atoms with Crippen molar-refractivity contribution >= 4 is 5.97 Å². The Morgan fingerprint density at radius 3 is 2.31 bits per heavy atom. The molecule has 0 aromatic heterocycles. The second kappa shape index (κ2) is 10.8. The third-order valence-electron chi connectivity index (χ3n) is 6.58. The number of hydrogen-bond acceptors (Lipinski definition) is 4. The lowest BCUT2D eigenvalue weighted by Gasteiger charge is -2.31. The number of nitrogens with zero attached hydrogens (tertiary/aromatic N) is 2. The predicted octanol–water partition coefficient (Wildman–Crippen LogP) is 5.79. The Kier molecular flexibility index (Phi) is 7.88. The van der Waals surface area contributed by atoms with Crippen LogP contribution in [0.25, 0.3) is 0 Å². The zero-order valence-corrected chi connectivity index (χ0v) is 17.1. The topological polar surface area (TPSA) is 73.9 Å². The van der Waals surface area contributed by atoms with E-state index in [9.17, 15) is 4.79 Å². The molecular weight excluding hydrogens is 360 g/mol. The molecule has 2 fully saturated rings. The maximum Gasteiger partial charge on any atom is 0.309 e. The van der Waals surface area contributed by atoms with Crippen molar-refractivity contribution in [3.05, 3.63) is 47.5 Å². The average molecular weight is 391 g/mol. The first-order valence-electron chi connectivity index (χ1n) is 10.9. The fourth-order valence-corrected chi connectivity index (χ4v) is 4.76. The lowest BCUT2D eigenvalue weighted by molar-refractivity contribution is -0.157. The highest BCUT2D eigenvalue weighted by Gasteiger charge is 2.31. The summed E-state index contributed by atoms with van der Waals surface area (Å²) in [7, 11) is 0. The van der Waals surface area contributed by atoms with Crippen LogP contribution < -0.4 is 0 Å². The standard InChI is InChI=1S/C25H30N2O2/c26-17-3-1-2-4-19-7-15-24(16-8-19)29-25(28)23-13-11-22(12-14-23)21-9-5-20(18-27)6-10-21/h1,3,5-6,9-10,19,22-24H,2,4,7-8,11-16H2/b3-1+/t19?,22-,23-,24?. The van der Waals surface area contributed by atoms with E-state index in [1.165, 1.54) is 5.56 Å². The second-order valence-electron chi connectivity index (χ2n) is 8.47. The SMILES string of the molecule is N#C/C=C/CCC1CCC(OC(=O)[C@H]2CC[C@H](c3ccc(C#N)cc3)CC2)CC1. The molecule has 2 aliphatic rings. The third kappa shape index (κ3) is 6.20. The van der Waals surface area contributed by atoms with Gasteiger partial charge in [0.1, 0.15) is 6.10 Å². The van der Waals surface area contributed by atoms with Crippen molar-refractivity contribution < 1.29 is 9.53 Å². The van der Waals surface area contributed by atoms with Crippen LogP contribution in [0.2, 0.25) is 0 Å². The monoisotopic (exact) mass is 390 g/mol. The average Bonchev–Trinajstić information content (AvgIpc) is 2.78. The molecule has 0 amide bonds. The second-order valence-corrected chi connectivity index (χ2v) is 8.47. The number of carbonyl (C=O) groups is 1. The normalized spacial score (nSPS) is 27.1. The largest absolute Gasteiger partial charge is 0.462 e. The maximum atomic E-state index is 12.6. The quantitative estimate of drug-likeness (QED) is 0.455. The number of hydrogen-bond donors (Lipinski definition) is 0. The van der Waals surface area contributed by atoms with Gasteiger partial charge in [-0.3, -0.25) is 4.79 Å². The molecule has 0 atom stereocenters. The minimum atomic E-state index is 0.00341. The number of benzene rings is 1. The Hall–Kier alpha value is -2.59. The molecule has 0 saturated heterocycles. The van der Waals surface area contributed by atoms with E-state index in [1.807, 2.05) is 24.3 Å². The van der Waals surface area contributed by atoms with Gasteiger partial charge in [-0.25, -0.2) is 0 Å². The van der Waals surface area contributed by atoms with Crippen LogP contribution in [-0.4, -0.2) is 12.1 Å². The number of ether oxygens (including phenoxy) is 1. The van der Waals surface area contributed by atoms with Crippen molar-refractivity contribution in [1.82, 2.24) is 0 Å².